The number of nitrogens with zero attached hydrogens (tertiary/aromatic N) is 1. The molecule has 3 fully saturated rings. The Bertz CT molecular complexity index is 205. The maximum absolute atomic E-state index is 2.62. The van der Waals surface area contributed by atoms with Gasteiger partial charge in [-0.2, -0.15) is 0 Å². The standard InChI is InChI=1S/C11H19N/c1-8-10-6-9(12(8)2)7-11(10)4-3-5-11/h8-10H,3-7H2,1-2H3. The topological polar surface area (TPSA) is 3.24 Å². The van der Waals surface area contributed by atoms with Crippen molar-refractivity contribution >= 4 is 0 Å². The Kier molecular flexibility index (Phi) is 1.27. The molecule has 2 aliphatic carbocycles. The molecule has 3 unspecified atom stereocenters. The predicted octanol–water partition coefficient (Wildman–Crippen LogP) is 2.27. The van der Waals surface area contributed by atoms with E-state index in [1.807, 2.05) is 0 Å². The first kappa shape index (κ1) is 7.37. The highest BCUT2D eigenvalue weighted by molar-refractivity contribution is 5.11. The van der Waals surface area contributed by atoms with Crippen LogP contribution in [-0.2, 0) is 0 Å². The van der Waals surface area contributed by atoms with Gasteiger partial charge in [-0.3, -0.25) is 0 Å². The second kappa shape index (κ2) is 2.06. The highest BCUT2D eigenvalue weighted by Gasteiger charge is 2.58. The summed E-state index contributed by atoms with van der Waals surface area (Å²) in [5.41, 5.74) is 0.844. The van der Waals surface area contributed by atoms with Crippen LogP contribution in [-0.4, -0.2) is 24.0 Å². The summed E-state index contributed by atoms with van der Waals surface area (Å²) in [4.78, 5) is 2.62. The van der Waals surface area contributed by atoms with Crippen LogP contribution in [0.15, 0.2) is 0 Å². The van der Waals surface area contributed by atoms with Crippen LogP contribution in [0, 0.1) is 11.3 Å². The van der Waals surface area contributed by atoms with Gasteiger partial charge < -0.3 is 4.90 Å². The fourth-order valence-corrected chi connectivity index (χ4v) is 4.09. The van der Waals surface area contributed by atoms with Crippen LogP contribution < -0.4 is 0 Å². The van der Waals surface area contributed by atoms with Crippen molar-refractivity contribution in [3.8, 4) is 0 Å². The summed E-state index contributed by atoms with van der Waals surface area (Å²) in [6.07, 6.45) is 7.65. The molecule has 2 saturated carbocycles. The Labute approximate surface area is 75.1 Å². The fraction of sp³-hybridized carbons (Fsp3) is 1.00. The summed E-state index contributed by atoms with van der Waals surface area (Å²) in [5.74, 6) is 1.06. The zero-order valence-electron chi connectivity index (χ0n) is 8.21. The summed E-state index contributed by atoms with van der Waals surface area (Å²) in [6, 6.07) is 1.83. The third-order valence-electron chi connectivity index (χ3n) is 5.10. The SMILES string of the molecule is CC1C2CC(CC23CCC3)N1C. The third-order valence-corrected chi connectivity index (χ3v) is 5.10. The first-order valence-corrected chi connectivity index (χ1v) is 5.45. The molecule has 1 saturated heterocycles. The van der Waals surface area contributed by atoms with Crippen LogP contribution in [0.5, 0.6) is 0 Å². The van der Waals surface area contributed by atoms with Gasteiger partial charge in [0.2, 0.25) is 0 Å². The molecule has 0 radical (unpaired) electrons. The maximum Gasteiger partial charge on any atom is 0.0104 e. The third kappa shape index (κ3) is 0.654. The molecular weight excluding hydrogens is 146 g/mol. The van der Waals surface area contributed by atoms with Crippen LogP contribution in [0.1, 0.15) is 39.0 Å². The first-order chi connectivity index (χ1) is 5.73. The molecule has 2 bridgehead atoms. The average Bonchev–Trinajstić information content (AvgIpc) is 2.49. The summed E-state index contributed by atoms with van der Waals surface area (Å²) in [6.45, 7) is 2.43. The Morgan fingerprint density at radius 1 is 1.33 bits per heavy atom. The van der Waals surface area contributed by atoms with Crippen molar-refractivity contribution in [3.63, 3.8) is 0 Å². The number of rotatable bonds is 0. The van der Waals surface area contributed by atoms with Crippen molar-refractivity contribution in [2.45, 2.75) is 51.1 Å². The molecule has 68 valence electrons. The number of fused-ring (bicyclic) bond motifs is 3. The summed E-state index contributed by atoms with van der Waals surface area (Å²) >= 11 is 0. The van der Waals surface area contributed by atoms with Gasteiger partial charge in [-0.25, -0.2) is 0 Å². The van der Waals surface area contributed by atoms with E-state index in [0.29, 0.717) is 0 Å². The van der Waals surface area contributed by atoms with E-state index in [4.69, 9.17) is 0 Å². The maximum atomic E-state index is 2.62. The molecule has 0 aromatic carbocycles. The van der Waals surface area contributed by atoms with Crippen LogP contribution >= 0.6 is 0 Å². The molecule has 3 aliphatic rings. The monoisotopic (exact) mass is 165 g/mol. The predicted molar refractivity (Wildman–Crippen MR) is 50.0 cm³/mol. The van der Waals surface area contributed by atoms with Crippen molar-refractivity contribution < 1.29 is 0 Å². The van der Waals surface area contributed by atoms with Gasteiger partial charge in [0.15, 0.2) is 0 Å². The minimum Gasteiger partial charge on any atom is -0.300 e. The molecule has 0 aromatic heterocycles. The molecule has 1 spiro atoms. The Hall–Kier alpha value is -0.0400. The Morgan fingerprint density at radius 2 is 2.08 bits per heavy atom. The second-order valence-electron chi connectivity index (χ2n) is 5.32. The largest absolute Gasteiger partial charge is 0.300 e. The Balaban J connectivity index is 1.89. The quantitative estimate of drug-likeness (QED) is 0.532. The molecule has 3 atom stereocenters. The van der Waals surface area contributed by atoms with Crippen molar-refractivity contribution in [1.82, 2.24) is 4.90 Å². The lowest BCUT2D eigenvalue weighted by Crippen LogP contribution is -2.48. The minimum absolute atomic E-state index is 0.844. The lowest BCUT2D eigenvalue weighted by molar-refractivity contribution is -0.000961. The molecule has 3 rings (SSSR count). The van der Waals surface area contributed by atoms with Crippen molar-refractivity contribution in [1.29, 1.82) is 0 Å². The van der Waals surface area contributed by atoms with E-state index < -0.39 is 0 Å². The molecule has 1 nitrogen and oxygen atoms in total. The summed E-state index contributed by atoms with van der Waals surface area (Å²) < 4.78 is 0. The van der Waals surface area contributed by atoms with Gasteiger partial charge in [-0.15, -0.1) is 0 Å². The molecule has 0 aromatic rings. The van der Waals surface area contributed by atoms with Crippen molar-refractivity contribution in [2.24, 2.45) is 11.3 Å². The van der Waals surface area contributed by atoms with Gasteiger partial charge in [-0.1, -0.05) is 6.42 Å². The van der Waals surface area contributed by atoms with E-state index >= 15 is 0 Å². The first-order valence-electron chi connectivity index (χ1n) is 5.45. The molecule has 0 N–H and O–H groups in total. The lowest BCUT2D eigenvalue weighted by Gasteiger charge is -2.50. The van der Waals surface area contributed by atoms with Gasteiger partial charge >= 0.3 is 0 Å². The number of hydrogen-bond donors (Lipinski definition) is 0. The van der Waals surface area contributed by atoms with Crippen molar-refractivity contribution in [3.05, 3.63) is 0 Å². The van der Waals surface area contributed by atoms with Crippen LogP contribution in [0.3, 0.4) is 0 Å². The van der Waals surface area contributed by atoms with E-state index in [2.05, 4.69) is 18.9 Å². The van der Waals surface area contributed by atoms with Crippen LogP contribution in [0.4, 0.5) is 0 Å². The zero-order chi connectivity index (χ0) is 8.34. The molecule has 1 heteroatoms. The molecule has 12 heavy (non-hydrogen) atoms. The van der Waals surface area contributed by atoms with E-state index in [-0.39, 0.29) is 0 Å². The van der Waals surface area contributed by atoms with E-state index in [1.165, 1.54) is 19.3 Å². The molecule has 1 aliphatic heterocycles. The Morgan fingerprint density at radius 3 is 2.50 bits per heavy atom. The zero-order valence-corrected chi connectivity index (χ0v) is 8.21. The van der Waals surface area contributed by atoms with Crippen molar-refractivity contribution in [2.75, 3.05) is 7.05 Å². The van der Waals surface area contributed by atoms with Gasteiger partial charge in [-0.05, 0) is 51.0 Å². The van der Waals surface area contributed by atoms with Crippen LogP contribution in [0.25, 0.3) is 0 Å². The van der Waals surface area contributed by atoms with E-state index in [1.54, 1.807) is 12.8 Å². The average molecular weight is 165 g/mol. The number of hydrogen-bond acceptors (Lipinski definition) is 1. The highest BCUT2D eigenvalue weighted by Crippen LogP contribution is 2.62. The van der Waals surface area contributed by atoms with Crippen LogP contribution in [0.2, 0.25) is 0 Å². The summed E-state index contributed by atoms with van der Waals surface area (Å²) in [5, 5.41) is 0. The second-order valence-corrected chi connectivity index (χ2v) is 5.32. The van der Waals surface area contributed by atoms with Gasteiger partial charge in [0, 0.05) is 12.1 Å². The fourth-order valence-electron chi connectivity index (χ4n) is 4.09. The minimum atomic E-state index is 0.844. The molecular formula is C11H19N. The van der Waals surface area contributed by atoms with E-state index in [9.17, 15) is 0 Å². The highest BCUT2D eigenvalue weighted by atomic mass is 15.2. The van der Waals surface area contributed by atoms with E-state index in [0.717, 1.165) is 23.4 Å². The molecule has 1 heterocycles. The van der Waals surface area contributed by atoms with Gasteiger partial charge in [0.05, 0.1) is 0 Å². The normalized spacial score (nSPS) is 50.0. The number of piperidine rings is 1. The lowest BCUT2D eigenvalue weighted by atomic mass is 9.60. The smallest absolute Gasteiger partial charge is 0.0104 e. The summed E-state index contributed by atoms with van der Waals surface area (Å²) in [7, 11) is 2.32. The van der Waals surface area contributed by atoms with Gasteiger partial charge in [0.25, 0.3) is 0 Å². The van der Waals surface area contributed by atoms with Gasteiger partial charge in [0.1, 0.15) is 0 Å². The molecule has 0 amide bonds. The number of likely N-dealkylation sites (tertiary alicyclic amines) is 1.